The number of carbonyl (C=O) groups excluding carboxylic acids is 1. The number of pyridine rings is 1. The van der Waals surface area contributed by atoms with Crippen molar-refractivity contribution in [3.05, 3.63) is 52.8 Å². The molecule has 3 heterocycles. The third-order valence-corrected chi connectivity index (χ3v) is 8.21. The molecule has 1 N–H and O–H groups in total. The number of amides is 1. The largest absolute Gasteiger partial charge is 0.322 e. The molecule has 8 heteroatoms. The number of aryl methyl sites for hydroxylation is 1. The lowest BCUT2D eigenvalue weighted by molar-refractivity contribution is 0.102. The van der Waals surface area contributed by atoms with Crippen LogP contribution in [-0.2, 0) is 9.84 Å². The number of aromatic nitrogens is 3. The van der Waals surface area contributed by atoms with Crippen molar-refractivity contribution < 1.29 is 13.2 Å². The Hall–Kier alpha value is -2.74. The molecule has 3 aromatic rings. The van der Waals surface area contributed by atoms with Gasteiger partial charge in [0.25, 0.3) is 5.91 Å². The average molecular weight is 453 g/mol. The van der Waals surface area contributed by atoms with Gasteiger partial charge in [-0.15, -0.1) is 0 Å². The van der Waals surface area contributed by atoms with Crippen molar-refractivity contribution in [1.29, 1.82) is 0 Å². The molecule has 0 radical (unpaired) electrons. The van der Waals surface area contributed by atoms with Crippen LogP contribution >= 0.6 is 0 Å². The van der Waals surface area contributed by atoms with E-state index < -0.39 is 9.84 Å². The van der Waals surface area contributed by atoms with Gasteiger partial charge >= 0.3 is 0 Å². The quantitative estimate of drug-likeness (QED) is 0.621. The summed E-state index contributed by atoms with van der Waals surface area (Å²) in [5, 5.41) is 8.41. The van der Waals surface area contributed by atoms with Gasteiger partial charge in [0.05, 0.1) is 34.2 Å². The number of fused-ring (bicyclic) bond motifs is 1. The minimum Gasteiger partial charge on any atom is -0.322 e. The van der Waals surface area contributed by atoms with E-state index in [1.165, 1.54) is 0 Å². The van der Waals surface area contributed by atoms with Crippen molar-refractivity contribution in [2.75, 3.05) is 16.8 Å². The highest BCUT2D eigenvalue weighted by Gasteiger charge is 2.34. The molecule has 1 aromatic carbocycles. The van der Waals surface area contributed by atoms with Gasteiger partial charge in [-0.25, -0.2) is 18.1 Å². The van der Waals surface area contributed by atoms with Crippen molar-refractivity contribution >= 4 is 32.5 Å². The minimum atomic E-state index is -3.06. The van der Waals surface area contributed by atoms with Crippen LogP contribution in [0.2, 0.25) is 0 Å². The second-order valence-corrected chi connectivity index (χ2v) is 11.6. The zero-order valence-electron chi connectivity index (χ0n) is 18.6. The Morgan fingerprint density at radius 2 is 1.97 bits per heavy atom. The van der Waals surface area contributed by atoms with Crippen LogP contribution < -0.4 is 5.32 Å². The summed E-state index contributed by atoms with van der Waals surface area (Å²) < 4.78 is 25.9. The Kier molecular flexibility index (Phi) is 5.08. The Bertz CT molecular complexity index is 1320. The minimum absolute atomic E-state index is 0.0715. The van der Waals surface area contributed by atoms with Crippen molar-refractivity contribution in [3.63, 3.8) is 0 Å². The second-order valence-electron chi connectivity index (χ2n) is 9.39. The number of hydrogen-bond acceptors (Lipinski definition) is 5. The lowest BCUT2D eigenvalue weighted by Crippen LogP contribution is -2.15. The van der Waals surface area contributed by atoms with E-state index in [9.17, 15) is 13.2 Å². The number of nitrogens with one attached hydrogen (secondary N) is 1. The van der Waals surface area contributed by atoms with Gasteiger partial charge in [-0.3, -0.25) is 4.79 Å². The summed E-state index contributed by atoms with van der Waals surface area (Å²) in [5.41, 5.74) is 4.67. The predicted molar refractivity (Wildman–Crippen MR) is 125 cm³/mol. The van der Waals surface area contributed by atoms with Gasteiger partial charge in [0.1, 0.15) is 0 Å². The van der Waals surface area contributed by atoms with Gasteiger partial charge in [0, 0.05) is 17.3 Å². The first-order valence-corrected chi connectivity index (χ1v) is 13.1. The molecule has 1 amide bonds. The van der Waals surface area contributed by atoms with E-state index in [4.69, 9.17) is 4.98 Å². The molecule has 2 aliphatic rings. The van der Waals surface area contributed by atoms with Gasteiger partial charge in [0.2, 0.25) is 0 Å². The van der Waals surface area contributed by atoms with Gasteiger partial charge in [-0.2, -0.15) is 5.10 Å². The van der Waals surface area contributed by atoms with Crippen LogP contribution in [0.1, 0.15) is 78.3 Å². The maximum atomic E-state index is 13.4. The lowest BCUT2D eigenvalue weighted by atomic mass is 10.0. The molecular weight excluding hydrogens is 424 g/mol. The maximum Gasteiger partial charge on any atom is 0.256 e. The van der Waals surface area contributed by atoms with Gasteiger partial charge in [-0.1, -0.05) is 26.0 Å². The maximum absolute atomic E-state index is 13.4. The van der Waals surface area contributed by atoms with Crippen LogP contribution in [0.5, 0.6) is 0 Å². The van der Waals surface area contributed by atoms with E-state index in [2.05, 4.69) is 30.3 Å². The second kappa shape index (κ2) is 7.69. The summed E-state index contributed by atoms with van der Waals surface area (Å²) in [7, 11) is -3.06. The Labute approximate surface area is 188 Å². The SMILES string of the molecule is Cc1nn([C@H]2CCS(=O)(=O)C2)c2nc(C3CC3)cc(C(=O)Nc3cccc(C(C)C)c3)c12. The smallest absolute Gasteiger partial charge is 0.256 e. The first-order valence-electron chi connectivity index (χ1n) is 11.2. The number of nitrogens with zero attached hydrogens (tertiary/aromatic N) is 3. The molecule has 1 aliphatic heterocycles. The summed E-state index contributed by atoms with van der Waals surface area (Å²) in [6.07, 6.45) is 2.64. The molecule has 7 nitrogen and oxygen atoms in total. The zero-order valence-corrected chi connectivity index (χ0v) is 19.4. The monoisotopic (exact) mass is 452 g/mol. The summed E-state index contributed by atoms with van der Waals surface area (Å²) in [5.74, 6) is 0.763. The normalized spacial score (nSPS) is 20.2. The summed E-state index contributed by atoms with van der Waals surface area (Å²) in [4.78, 5) is 18.3. The molecule has 1 saturated heterocycles. The fraction of sp³-hybridized carbons (Fsp3) is 0.458. The van der Waals surface area contributed by atoms with Crippen LogP contribution in [0.15, 0.2) is 30.3 Å². The van der Waals surface area contributed by atoms with Gasteiger partial charge in [0.15, 0.2) is 15.5 Å². The van der Waals surface area contributed by atoms with Crippen molar-refractivity contribution in [3.8, 4) is 0 Å². The van der Waals surface area contributed by atoms with Crippen molar-refractivity contribution in [2.24, 2.45) is 0 Å². The Morgan fingerprint density at radius 3 is 2.62 bits per heavy atom. The summed E-state index contributed by atoms with van der Waals surface area (Å²) in [6.45, 7) is 6.10. The van der Waals surface area contributed by atoms with E-state index >= 15 is 0 Å². The van der Waals surface area contributed by atoms with Crippen LogP contribution in [0.4, 0.5) is 5.69 Å². The molecule has 1 aliphatic carbocycles. The molecule has 0 spiro atoms. The Morgan fingerprint density at radius 1 is 1.19 bits per heavy atom. The van der Waals surface area contributed by atoms with E-state index in [1.54, 1.807) is 4.68 Å². The molecule has 2 fully saturated rings. The van der Waals surface area contributed by atoms with E-state index in [0.29, 0.717) is 40.5 Å². The van der Waals surface area contributed by atoms with Crippen molar-refractivity contribution in [2.45, 2.75) is 57.9 Å². The molecule has 5 rings (SSSR count). The number of rotatable bonds is 5. The highest BCUT2D eigenvalue weighted by atomic mass is 32.2. The molecule has 2 aromatic heterocycles. The van der Waals surface area contributed by atoms with Crippen LogP contribution in [0.25, 0.3) is 11.0 Å². The highest BCUT2D eigenvalue weighted by Crippen LogP contribution is 2.41. The number of carbonyl (C=O) groups is 1. The zero-order chi connectivity index (χ0) is 22.6. The molecule has 1 saturated carbocycles. The third kappa shape index (κ3) is 3.92. The molecule has 0 bridgehead atoms. The van der Waals surface area contributed by atoms with E-state index in [-0.39, 0.29) is 23.5 Å². The predicted octanol–water partition coefficient (Wildman–Crippen LogP) is 4.35. The average Bonchev–Trinajstić information content (AvgIpc) is 3.46. The van der Waals surface area contributed by atoms with Crippen LogP contribution in [0, 0.1) is 6.92 Å². The summed E-state index contributed by atoms with van der Waals surface area (Å²) >= 11 is 0. The molecule has 1 atom stereocenters. The third-order valence-electron chi connectivity index (χ3n) is 6.46. The topological polar surface area (TPSA) is 93.9 Å². The number of benzene rings is 1. The van der Waals surface area contributed by atoms with E-state index in [1.807, 2.05) is 31.2 Å². The standard InChI is InChI=1S/C24H28N4O3S/c1-14(2)17-5-4-6-18(11-17)25-24(29)20-12-21(16-7-8-16)26-23-22(20)15(3)27-28(23)19-9-10-32(30,31)13-19/h4-6,11-12,14,16,19H,7-10,13H2,1-3H3,(H,25,29)/t19-/m0/s1. The first kappa shape index (κ1) is 21.1. The lowest BCUT2D eigenvalue weighted by Gasteiger charge is -2.13. The molecular formula is C24H28N4O3S. The van der Waals surface area contributed by atoms with Crippen molar-refractivity contribution in [1.82, 2.24) is 14.8 Å². The molecule has 168 valence electrons. The Balaban J connectivity index is 1.58. The van der Waals surface area contributed by atoms with Gasteiger partial charge in [-0.05, 0) is 55.9 Å². The van der Waals surface area contributed by atoms with Crippen LogP contribution in [-0.4, -0.2) is 40.6 Å². The molecule has 32 heavy (non-hydrogen) atoms. The fourth-order valence-electron chi connectivity index (χ4n) is 4.50. The summed E-state index contributed by atoms with van der Waals surface area (Å²) in [6, 6.07) is 9.56. The number of sulfone groups is 1. The number of anilines is 1. The fourth-order valence-corrected chi connectivity index (χ4v) is 6.19. The van der Waals surface area contributed by atoms with Crippen LogP contribution in [0.3, 0.4) is 0 Å². The van der Waals surface area contributed by atoms with Gasteiger partial charge < -0.3 is 5.32 Å². The molecule has 0 unspecified atom stereocenters. The highest BCUT2D eigenvalue weighted by molar-refractivity contribution is 7.91. The number of hydrogen-bond donors (Lipinski definition) is 1. The van der Waals surface area contributed by atoms with E-state index in [0.717, 1.165) is 29.8 Å². The first-order chi connectivity index (χ1) is 15.2.